The Hall–Kier alpha value is -8.54. The Bertz CT molecular complexity index is 3880. The summed E-state index contributed by atoms with van der Waals surface area (Å²) in [6.45, 7) is 0. The molecule has 0 N–H and O–H groups in total. The second kappa shape index (κ2) is 14.0. The fourth-order valence-corrected chi connectivity index (χ4v) is 9.69. The highest BCUT2D eigenvalue weighted by Gasteiger charge is 2.26. The summed E-state index contributed by atoms with van der Waals surface area (Å²) in [7, 11) is 0. The fraction of sp³-hybridized carbons (Fsp3) is 0. The first-order valence-corrected chi connectivity index (χ1v) is 21.3. The van der Waals surface area contributed by atoms with E-state index in [1.807, 2.05) is 24.3 Å². The van der Waals surface area contributed by atoms with E-state index in [4.69, 9.17) is 8.83 Å². The lowest BCUT2D eigenvalue weighted by atomic mass is 10.0. The van der Waals surface area contributed by atoms with Crippen molar-refractivity contribution in [1.82, 2.24) is 4.57 Å². The number of anilines is 6. The highest BCUT2D eigenvalue weighted by Crippen LogP contribution is 2.49. The van der Waals surface area contributed by atoms with Crippen molar-refractivity contribution in [2.24, 2.45) is 0 Å². The molecule has 296 valence electrons. The number of fused-ring (bicyclic) bond motifs is 10. The van der Waals surface area contributed by atoms with Crippen molar-refractivity contribution < 1.29 is 8.83 Å². The molecule has 0 amide bonds. The van der Waals surface area contributed by atoms with E-state index in [1.165, 1.54) is 10.8 Å². The van der Waals surface area contributed by atoms with Crippen molar-refractivity contribution in [1.29, 1.82) is 0 Å². The van der Waals surface area contributed by atoms with Gasteiger partial charge in [0, 0.05) is 72.9 Å². The van der Waals surface area contributed by atoms with Crippen molar-refractivity contribution in [3.05, 3.63) is 224 Å². The Morgan fingerprint density at radius 3 is 1.49 bits per heavy atom. The predicted octanol–water partition coefficient (Wildman–Crippen LogP) is 16.7. The Kier molecular flexibility index (Phi) is 7.84. The van der Waals surface area contributed by atoms with Crippen LogP contribution in [0, 0.1) is 0 Å². The molecule has 0 bridgehead atoms. The first-order valence-electron chi connectivity index (χ1n) is 21.3. The van der Waals surface area contributed by atoms with Gasteiger partial charge in [0.15, 0.2) is 0 Å². The van der Waals surface area contributed by atoms with Gasteiger partial charge < -0.3 is 23.2 Å². The number of furan rings is 2. The van der Waals surface area contributed by atoms with E-state index >= 15 is 0 Å². The summed E-state index contributed by atoms with van der Waals surface area (Å²) in [5, 5.41) is 9.07. The maximum absolute atomic E-state index is 6.56. The quantitative estimate of drug-likeness (QED) is 0.161. The van der Waals surface area contributed by atoms with Crippen LogP contribution >= 0.6 is 0 Å². The van der Waals surface area contributed by atoms with Crippen LogP contribution in [0.15, 0.2) is 233 Å². The maximum Gasteiger partial charge on any atom is 0.137 e. The molecule has 0 saturated heterocycles. The zero-order valence-electron chi connectivity index (χ0n) is 34.0. The van der Waals surface area contributed by atoms with E-state index in [9.17, 15) is 0 Å². The summed E-state index contributed by atoms with van der Waals surface area (Å²) in [5.74, 6) is 0. The van der Waals surface area contributed by atoms with Gasteiger partial charge in [-0.1, -0.05) is 121 Å². The molecule has 3 heterocycles. The summed E-state index contributed by atoms with van der Waals surface area (Å²) >= 11 is 0. The van der Waals surface area contributed by atoms with Crippen LogP contribution in [0.1, 0.15) is 0 Å². The van der Waals surface area contributed by atoms with Crippen LogP contribution < -0.4 is 9.80 Å². The Morgan fingerprint density at radius 1 is 0.302 bits per heavy atom. The van der Waals surface area contributed by atoms with Gasteiger partial charge in [-0.15, -0.1) is 0 Å². The molecule has 5 heteroatoms. The zero-order chi connectivity index (χ0) is 41.4. The van der Waals surface area contributed by atoms with E-state index in [0.717, 1.165) is 105 Å². The lowest BCUT2D eigenvalue weighted by Gasteiger charge is -2.30. The average Bonchev–Trinajstić information content (AvgIpc) is 4.01. The minimum Gasteiger partial charge on any atom is -0.456 e. The Morgan fingerprint density at radius 2 is 0.825 bits per heavy atom. The van der Waals surface area contributed by atoms with Gasteiger partial charge in [0.1, 0.15) is 22.3 Å². The monoisotopic (exact) mass is 807 g/mol. The Labute approximate surface area is 362 Å². The minimum absolute atomic E-state index is 0.839. The van der Waals surface area contributed by atoms with Gasteiger partial charge in [-0.3, -0.25) is 0 Å². The van der Waals surface area contributed by atoms with Gasteiger partial charge in [0.2, 0.25) is 0 Å². The van der Waals surface area contributed by atoms with Crippen molar-refractivity contribution in [2.75, 3.05) is 9.80 Å². The maximum atomic E-state index is 6.56. The van der Waals surface area contributed by atoms with E-state index in [-0.39, 0.29) is 0 Å². The fourth-order valence-electron chi connectivity index (χ4n) is 9.69. The van der Waals surface area contributed by atoms with Crippen LogP contribution in [0.4, 0.5) is 34.1 Å². The van der Waals surface area contributed by atoms with Crippen LogP contribution in [-0.4, -0.2) is 4.57 Å². The van der Waals surface area contributed by atoms with Gasteiger partial charge >= 0.3 is 0 Å². The molecule has 13 aromatic rings. The molecule has 13 rings (SSSR count). The lowest BCUT2D eigenvalue weighted by molar-refractivity contribution is 0.668. The van der Waals surface area contributed by atoms with Crippen LogP contribution in [-0.2, 0) is 0 Å². The third-order valence-corrected chi connectivity index (χ3v) is 12.5. The van der Waals surface area contributed by atoms with Gasteiger partial charge in [0.25, 0.3) is 0 Å². The molecule has 0 aliphatic rings. The molecular formula is C58H37N3O2. The van der Waals surface area contributed by atoms with Crippen molar-refractivity contribution >= 4 is 111 Å². The predicted molar refractivity (Wildman–Crippen MR) is 262 cm³/mol. The van der Waals surface area contributed by atoms with Crippen LogP contribution in [0.5, 0.6) is 0 Å². The number of aromatic nitrogens is 1. The molecule has 0 radical (unpaired) electrons. The number of benzene rings is 10. The van der Waals surface area contributed by atoms with Gasteiger partial charge in [0.05, 0.1) is 22.4 Å². The molecule has 5 nitrogen and oxygen atoms in total. The zero-order valence-corrected chi connectivity index (χ0v) is 34.0. The van der Waals surface area contributed by atoms with E-state index in [2.05, 4.69) is 215 Å². The third-order valence-electron chi connectivity index (χ3n) is 12.5. The number of hydrogen-bond donors (Lipinski definition) is 0. The number of para-hydroxylation sites is 5. The molecule has 3 aromatic heterocycles. The van der Waals surface area contributed by atoms with Gasteiger partial charge in [-0.2, -0.15) is 0 Å². The molecule has 0 aliphatic carbocycles. The first-order chi connectivity index (χ1) is 31.2. The van der Waals surface area contributed by atoms with Crippen LogP contribution in [0.25, 0.3) is 82.1 Å². The third kappa shape index (κ3) is 5.64. The SMILES string of the molecule is c1ccc(N(c2ccc3c(c2)oc2ccccc23)c2cc(N(c3ccccc3)c3ccc4c(c3)oc3ccccc34)c3c4ccccc4n(-c4ccc5ccccc5c4)c3c2)cc1. The molecule has 0 atom stereocenters. The second-order valence-electron chi connectivity index (χ2n) is 16.1. The smallest absolute Gasteiger partial charge is 0.137 e. The molecule has 63 heavy (non-hydrogen) atoms. The Balaban J connectivity index is 1.15. The molecule has 0 fully saturated rings. The largest absolute Gasteiger partial charge is 0.456 e. The highest BCUT2D eigenvalue weighted by molar-refractivity contribution is 6.18. The highest BCUT2D eigenvalue weighted by atomic mass is 16.3. The van der Waals surface area contributed by atoms with E-state index < -0.39 is 0 Å². The summed E-state index contributed by atoms with van der Waals surface area (Å²) in [4.78, 5) is 4.74. The van der Waals surface area contributed by atoms with Crippen molar-refractivity contribution in [3.8, 4) is 5.69 Å². The van der Waals surface area contributed by atoms with Crippen molar-refractivity contribution in [2.45, 2.75) is 0 Å². The number of rotatable bonds is 7. The minimum atomic E-state index is 0.839. The van der Waals surface area contributed by atoms with E-state index in [0.29, 0.717) is 0 Å². The van der Waals surface area contributed by atoms with Crippen LogP contribution in [0.3, 0.4) is 0 Å². The topological polar surface area (TPSA) is 37.7 Å². The van der Waals surface area contributed by atoms with Gasteiger partial charge in [-0.25, -0.2) is 0 Å². The summed E-state index contributed by atoms with van der Waals surface area (Å²) in [6, 6.07) is 79.9. The van der Waals surface area contributed by atoms with Crippen LogP contribution in [0.2, 0.25) is 0 Å². The standard InChI is InChI=1S/C58H37N3O2/c1-3-17-40(18-4-1)59(43-29-31-48-46-21-10-13-25-54(46)62-56(48)36-43)45-34-52(60(41-19-5-2-6-20-41)44-30-32-49-47-22-11-14-26-55(47)63-57(49)37-44)58-50-23-9-12-24-51(50)61(53(58)35-45)42-28-27-38-15-7-8-16-39(38)33-42/h1-37H. The van der Waals surface area contributed by atoms with Crippen molar-refractivity contribution in [3.63, 3.8) is 0 Å². The first kappa shape index (κ1) is 35.2. The molecule has 0 spiro atoms. The molecule has 0 unspecified atom stereocenters. The molecular weight excluding hydrogens is 771 g/mol. The molecule has 0 aliphatic heterocycles. The van der Waals surface area contributed by atoms with Gasteiger partial charge in [-0.05, 0) is 102 Å². The number of hydrogen-bond acceptors (Lipinski definition) is 4. The number of nitrogens with zero attached hydrogens (tertiary/aromatic N) is 3. The summed E-state index contributed by atoms with van der Waals surface area (Å²) in [6.07, 6.45) is 0. The van der Waals surface area contributed by atoms with E-state index in [1.54, 1.807) is 0 Å². The lowest BCUT2D eigenvalue weighted by Crippen LogP contribution is -2.14. The average molecular weight is 808 g/mol. The second-order valence-corrected chi connectivity index (χ2v) is 16.1. The normalized spacial score (nSPS) is 11.8. The summed E-state index contributed by atoms with van der Waals surface area (Å²) < 4.78 is 15.5. The molecule has 0 saturated carbocycles. The molecule has 10 aromatic carbocycles. The summed E-state index contributed by atoms with van der Waals surface area (Å²) in [5.41, 5.74) is 12.8.